The standard InChI is InChI=1S/C10H15N5O3/c16-9(8-12-14-15-13-8)11-5-6-3-1-2-4-7(6)10(17)18/h6-7H,1-5H2,(H,11,16)(H,17,18)(H,12,13,14,15). The summed E-state index contributed by atoms with van der Waals surface area (Å²) in [6.45, 7) is 0.338. The summed E-state index contributed by atoms with van der Waals surface area (Å²) in [6.07, 6.45) is 3.44. The fourth-order valence-corrected chi connectivity index (χ4v) is 2.34. The summed E-state index contributed by atoms with van der Waals surface area (Å²) in [7, 11) is 0. The van der Waals surface area contributed by atoms with E-state index in [1.54, 1.807) is 0 Å². The van der Waals surface area contributed by atoms with Gasteiger partial charge in [-0.1, -0.05) is 12.8 Å². The number of aromatic nitrogens is 4. The molecule has 1 aromatic heterocycles. The summed E-state index contributed by atoms with van der Waals surface area (Å²) in [6, 6.07) is 0. The predicted octanol–water partition coefficient (Wildman–Crippen LogP) is -0.180. The van der Waals surface area contributed by atoms with Crippen molar-refractivity contribution in [2.45, 2.75) is 25.7 Å². The van der Waals surface area contributed by atoms with Crippen molar-refractivity contribution in [3.05, 3.63) is 5.82 Å². The maximum absolute atomic E-state index is 11.6. The minimum Gasteiger partial charge on any atom is -0.481 e. The zero-order valence-corrected chi connectivity index (χ0v) is 9.80. The largest absolute Gasteiger partial charge is 0.481 e. The number of hydrogen-bond donors (Lipinski definition) is 3. The van der Waals surface area contributed by atoms with Crippen molar-refractivity contribution < 1.29 is 14.7 Å². The number of carboxylic acids is 1. The van der Waals surface area contributed by atoms with E-state index in [2.05, 4.69) is 25.9 Å². The van der Waals surface area contributed by atoms with Gasteiger partial charge in [-0.25, -0.2) is 0 Å². The molecule has 1 saturated carbocycles. The molecule has 0 aromatic carbocycles. The maximum atomic E-state index is 11.6. The molecule has 0 aliphatic heterocycles. The molecular formula is C10H15N5O3. The molecule has 1 amide bonds. The summed E-state index contributed by atoms with van der Waals surface area (Å²) < 4.78 is 0. The Bertz CT molecular complexity index is 419. The fourth-order valence-electron chi connectivity index (χ4n) is 2.34. The van der Waals surface area contributed by atoms with Crippen LogP contribution in [0.3, 0.4) is 0 Å². The molecule has 2 unspecified atom stereocenters. The van der Waals surface area contributed by atoms with E-state index in [9.17, 15) is 9.59 Å². The smallest absolute Gasteiger partial charge is 0.306 e. The van der Waals surface area contributed by atoms with E-state index in [1.165, 1.54) is 0 Å². The van der Waals surface area contributed by atoms with Crippen LogP contribution in [0.25, 0.3) is 0 Å². The van der Waals surface area contributed by atoms with Crippen LogP contribution in [0.15, 0.2) is 0 Å². The summed E-state index contributed by atoms with van der Waals surface area (Å²) in [5.41, 5.74) is 0. The topological polar surface area (TPSA) is 121 Å². The molecular weight excluding hydrogens is 238 g/mol. The van der Waals surface area contributed by atoms with Crippen molar-refractivity contribution in [2.75, 3.05) is 6.54 Å². The zero-order chi connectivity index (χ0) is 13.0. The molecule has 18 heavy (non-hydrogen) atoms. The first-order chi connectivity index (χ1) is 8.68. The average Bonchev–Trinajstić information content (AvgIpc) is 2.90. The molecule has 0 saturated heterocycles. The summed E-state index contributed by atoms with van der Waals surface area (Å²) >= 11 is 0. The van der Waals surface area contributed by atoms with Crippen LogP contribution >= 0.6 is 0 Å². The van der Waals surface area contributed by atoms with Gasteiger partial charge < -0.3 is 10.4 Å². The van der Waals surface area contributed by atoms with Crippen LogP contribution in [-0.2, 0) is 4.79 Å². The Balaban J connectivity index is 1.88. The van der Waals surface area contributed by atoms with Gasteiger partial charge in [0.25, 0.3) is 11.7 Å². The van der Waals surface area contributed by atoms with Crippen molar-refractivity contribution >= 4 is 11.9 Å². The quantitative estimate of drug-likeness (QED) is 0.684. The van der Waals surface area contributed by atoms with E-state index >= 15 is 0 Å². The minimum absolute atomic E-state index is 0.0212. The lowest BCUT2D eigenvalue weighted by Crippen LogP contribution is -2.37. The van der Waals surface area contributed by atoms with Crippen LogP contribution in [-0.4, -0.2) is 44.2 Å². The zero-order valence-electron chi connectivity index (χ0n) is 9.80. The molecule has 1 heterocycles. The van der Waals surface area contributed by atoms with Gasteiger partial charge in [0.05, 0.1) is 5.92 Å². The van der Waals surface area contributed by atoms with Gasteiger partial charge in [0.2, 0.25) is 0 Å². The Morgan fingerprint density at radius 3 is 2.83 bits per heavy atom. The van der Waals surface area contributed by atoms with Crippen LogP contribution in [0.2, 0.25) is 0 Å². The Morgan fingerprint density at radius 1 is 1.39 bits per heavy atom. The molecule has 8 nitrogen and oxygen atoms in total. The van der Waals surface area contributed by atoms with Crippen molar-refractivity contribution in [3.8, 4) is 0 Å². The third kappa shape index (κ3) is 2.82. The van der Waals surface area contributed by atoms with Crippen molar-refractivity contribution in [2.24, 2.45) is 11.8 Å². The molecule has 0 bridgehead atoms. The molecule has 8 heteroatoms. The van der Waals surface area contributed by atoms with Crippen molar-refractivity contribution in [1.29, 1.82) is 0 Å². The van der Waals surface area contributed by atoms with Crippen LogP contribution in [0.5, 0.6) is 0 Å². The lowest BCUT2D eigenvalue weighted by Gasteiger charge is -2.28. The lowest BCUT2D eigenvalue weighted by atomic mass is 9.79. The predicted molar refractivity (Wildman–Crippen MR) is 59.6 cm³/mol. The molecule has 1 fully saturated rings. The Morgan fingerprint density at radius 2 is 2.17 bits per heavy atom. The molecule has 1 aliphatic rings. The maximum Gasteiger partial charge on any atom is 0.306 e. The fraction of sp³-hybridized carbons (Fsp3) is 0.700. The number of aromatic amines is 1. The van der Waals surface area contributed by atoms with E-state index in [0.717, 1.165) is 19.3 Å². The van der Waals surface area contributed by atoms with E-state index in [1.807, 2.05) is 0 Å². The number of tetrazole rings is 1. The Kier molecular flexibility index (Phi) is 3.85. The number of carboxylic acid groups (broad SMARTS) is 1. The molecule has 3 N–H and O–H groups in total. The number of carbonyl (C=O) groups excluding carboxylic acids is 1. The highest BCUT2D eigenvalue weighted by atomic mass is 16.4. The second kappa shape index (κ2) is 5.56. The molecule has 0 spiro atoms. The van der Waals surface area contributed by atoms with Gasteiger partial charge in [-0.05, 0) is 24.0 Å². The van der Waals surface area contributed by atoms with E-state index in [0.29, 0.717) is 13.0 Å². The number of carbonyl (C=O) groups is 2. The van der Waals surface area contributed by atoms with Crippen LogP contribution in [0.1, 0.15) is 36.3 Å². The van der Waals surface area contributed by atoms with Crippen molar-refractivity contribution in [1.82, 2.24) is 25.9 Å². The summed E-state index contributed by atoms with van der Waals surface area (Å²) in [4.78, 5) is 22.7. The van der Waals surface area contributed by atoms with E-state index in [4.69, 9.17) is 5.11 Å². The number of rotatable bonds is 4. The summed E-state index contributed by atoms with van der Waals surface area (Å²) in [5, 5.41) is 24.4. The highest BCUT2D eigenvalue weighted by molar-refractivity contribution is 5.90. The highest BCUT2D eigenvalue weighted by Gasteiger charge is 2.31. The monoisotopic (exact) mass is 253 g/mol. The van der Waals surface area contributed by atoms with E-state index in [-0.39, 0.29) is 17.7 Å². The van der Waals surface area contributed by atoms with Gasteiger partial charge in [0.1, 0.15) is 0 Å². The first kappa shape index (κ1) is 12.5. The third-order valence-corrected chi connectivity index (χ3v) is 3.30. The van der Waals surface area contributed by atoms with Crippen molar-refractivity contribution in [3.63, 3.8) is 0 Å². The second-order valence-corrected chi connectivity index (χ2v) is 4.43. The Hall–Kier alpha value is -1.99. The number of nitrogens with zero attached hydrogens (tertiary/aromatic N) is 3. The molecule has 1 aromatic rings. The van der Waals surface area contributed by atoms with Gasteiger partial charge in [-0.15, -0.1) is 10.2 Å². The minimum atomic E-state index is -0.784. The van der Waals surface area contributed by atoms with E-state index < -0.39 is 11.9 Å². The second-order valence-electron chi connectivity index (χ2n) is 4.43. The van der Waals surface area contributed by atoms with Gasteiger partial charge >= 0.3 is 5.97 Å². The number of aliphatic carboxylic acids is 1. The van der Waals surface area contributed by atoms with Gasteiger partial charge in [0.15, 0.2) is 0 Å². The van der Waals surface area contributed by atoms with Gasteiger partial charge in [-0.3, -0.25) is 9.59 Å². The molecule has 2 rings (SSSR count). The van der Waals surface area contributed by atoms with Crippen LogP contribution < -0.4 is 5.32 Å². The average molecular weight is 253 g/mol. The first-order valence-corrected chi connectivity index (χ1v) is 5.93. The third-order valence-electron chi connectivity index (χ3n) is 3.30. The number of amides is 1. The molecule has 1 aliphatic carbocycles. The SMILES string of the molecule is O=C(NCC1CCCCC1C(=O)O)c1nn[nH]n1. The lowest BCUT2D eigenvalue weighted by molar-refractivity contribution is -0.144. The number of hydrogen-bond acceptors (Lipinski definition) is 5. The normalized spacial score (nSPS) is 23.6. The number of nitrogens with one attached hydrogen (secondary N) is 2. The molecule has 0 radical (unpaired) electrons. The van der Waals surface area contributed by atoms with Gasteiger partial charge in [0, 0.05) is 6.54 Å². The number of H-pyrrole nitrogens is 1. The van der Waals surface area contributed by atoms with Gasteiger partial charge in [-0.2, -0.15) is 5.21 Å². The highest BCUT2D eigenvalue weighted by Crippen LogP contribution is 2.29. The molecule has 2 atom stereocenters. The first-order valence-electron chi connectivity index (χ1n) is 5.93. The summed E-state index contributed by atoms with van der Waals surface area (Å²) in [5.74, 6) is -1.64. The molecule has 98 valence electrons. The van der Waals surface area contributed by atoms with Crippen LogP contribution in [0, 0.1) is 11.8 Å². The van der Waals surface area contributed by atoms with Crippen LogP contribution in [0.4, 0.5) is 0 Å². The Labute approximate surface area is 103 Å².